The Kier molecular flexibility index (Phi) is 3.43. The first kappa shape index (κ1) is 14.7. The van der Waals surface area contributed by atoms with Crippen molar-refractivity contribution >= 4 is 5.91 Å². The fourth-order valence-corrected chi connectivity index (χ4v) is 1.65. The summed E-state index contributed by atoms with van der Waals surface area (Å²) in [6, 6.07) is 0.583. The average Bonchev–Trinajstić information content (AvgIpc) is 3.09. The summed E-state index contributed by atoms with van der Waals surface area (Å²) >= 11 is 0. The van der Waals surface area contributed by atoms with E-state index in [4.69, 9.17) is 0 Å². The molecule has 0 aromatic heterocycles. The summed E-state index contributed by atoms with van der Waals surface area (Å²) < 4.78 is 75.8. The molecule has 1 fully saturated rings. The van der Waals surface area contributed by atoms with E-state index in [9.17, 15) is 31.1 Å². The van der Waals surface area contributed by atoms with E-state index in [2.05, 4.69) is 5.32 Å². The number of rotatable bonds is 2. The third-order valence-corrected chi connectivity index (χ3v) is 2.81. The first-order valence-corrected chi connectivity index (χ1v) is 5.68. The van der Waals surface area contributed by atoms with Gasteiger partial charge in [0.25, 0.3) is 5.91 Å². The highest BCUT2D eigenvalue weighted by molar-refractivity contribution is 5.96. The van der Waals surface area contributed by atoms with Crippen LogP contribution in [0.2, 0.25) is 0 Å². The molecule has 0 saturated heterocycles. The van der Waals surface area contributed by atoms with E-state index in [1.165, 1.54) is 0 Å². The lowest BCUT2D eigenvalue weighted by Crippen LogP contribution is -2.28. The van der Waals surface area contributed by atoms with Gasteiger partial charge >= 0.3 is 12.4 Å². The van der Waals surface area contributed by atoms with Gasteiger partial charge in [0.1, 0.15) is 0 Å². The quantitative estimate of drug-likeness (QED) is 0.830. The lowest BCUT2D eigenvalue weighted by atomic mass is 10.0. The summed E-state index contributed by atoms with van der Waals surface area (Å²) in [5.74, 6) is -1.13. The Bertz CT molecular complexity index is 530. The Morgan fingerprint density at radius 2 is 1.65 bits per heavy atom. The molecule has 8 heteroatoms. The molecule has 2 rings (SSSR count). The molecule has 0 bridgehead atoms. The van der Waals surface area contributed by atoms with Crippen molar-refractivity contribution in [3.05, 3.63) is 34.9 Å². The van der Waals surface area contributed by atoms with Crippen molar-refractivity contribution in [3.63, 3.8) is 0 Å². The van der Waals surface area contributed by atoms with Crippen LogP contribution in [0.25, 0.3) is 0 Å². The molecule has 20 heavy (non-hydrogen) atoms. The van der Waals surface area contributed by atoms with Crippen LogP contribution in [-0.2, 0) is 12.4 Å². The minimum Gasteiger partial charge on any atom is -0.349 e. The maximum Gasteiger partial charge on any atom is 0.417 e. The normalized spacial score (nSPS) is 16.1. The average molecular weight is 297 g/mol. The summed E-state index contributed by atoms with van der Waals surface area (Å²) in [4.78, 5) is 11.7. The van der Waals surface area contributed by atoms with Crippen LogP contribution in [-0.4, -0.2) is 11.9 Å². The van der Waals surface area contributed by atoms with Crippen LogP contribution in [0, 0.1) is 0 Å². The molecule has 0 aliphatic heterocycles. The van der Waals surface area contributed by atoms with Gasteiger partial charge in [-0.25, -0.2) is 0 Å². The standard InChI is InChI=1S/C12H9F6NO/c13-11(14,15)6-1-4-9(12(16,17)18)8(5-6)10(20)19-7-2-3-7/h1,4-5,7H,2-3H2,(H,19,20). The first-order chi connectivity index (χ1) is 9.09. The van der Waals surface area contributed by atoms with Crippen LogP contribution in [0.15, 0.2) is 18.2 Å². The molecule has 0 unspecified atom stereocenters. The van der Waals surface area contributed by atoms with Gasteiger partial charge in [0.15, 0.2) is 0 Å². The van der Waals surface area contributed by atoms with Gasteiger partial charge in [0.2, 0.25) is 0 Å². The van der Waals surface area contributed by atoms with Gasteiger partial charge in [-0.3, -0.25) is 4.79 Å². The Labute approximate surface area is 109 Å². The minimum atomic E-state index is -4.89. The number of halogens is 6. The van der Waals surface area contributed by atoms with Crippen molar-refractivity contribution < 1.29 is 31.1 Å². The summed E-state index contributed by atoms with van der Waals surface area (Å²) in [5, 5.41) is 2.26. The van der Waals surface area contributed by atoms with Crippen LogP contribution in [0.4, 0.5) is 26.3 Å². The van der Waals surface area contributed by atoms with E-state index in [-0.39, 0.29) is 18.2 Å². The molecule has 1 N–H and O–H groups in total. The molecule has 1 aromatic rings. The molecular weight excluding hydrogens is 288 g/mol. The molecular formula is C12H9F6NO. The highest BCUT2D eigenvalue weighted by atomic mass is 19.4. The highest BCUT2D eigenvalue weighted by Crippen LogP contribution is 2.36. The van der Waals surface area contributed by atoms with E-state index >= 15 is 0 Å². The van der Waals surface area contributed by atoms with Crippen LogP contribution in [0.5, 0.6) is 0 Å². The van der Waals surface area contributed by atoms with Crippen molar-refractivity contribution in [1.82, 2.24) is 5.32 Å². The van der Waals surface area contributed by atoms with Crippen molar-refractivity contribution in [2.75, 3.05) is 0 Å². The van der Waals surface area contributed by atoms with Crippen LogP contribution in [0.3, 0.4) is 0 Å². The van der Waals surface area contributed by atoms with Crippen LogP contribution < -0.4 is 5.32 Å². The molecule has 1 aromatic carbocycles. The SMILES string of the molecule is O=C(NC1CC1)c1cc(C(F)(F)F)ccc1C(F)(F)F. The maximum absolute atomic E-state index is 12.7. The predicted octanol–water partition coefficient (Wildman–Crippen LogP) is 3.62. The lowest BCUT2D eigenvalue weighted by Gasteiger charge is -2.15. The second kappa shape index (κ2) is 4.68. The first-order valence-electron chi connectivity index (χ1n) is 5.68. The highest BCUT2D eigenvalue weighted by Gasteiger charge is 2.39. The number of carbonyl (C=O) groups is 1. The van der Waals surface area contributed by atoms with Gasteiger partial charge in [-0.15, -0.1) is 0 Å². The van der Waals surface area contributed by atoms with Crippen molar-refractivity contribution in [1.29, 1.82) is 0 Å². The summed E-state index contributed by atoms with van der Waals surface area (Å²) in [5.41, 5.74) is -3.66. The fraction of sp³-hybridized carbons (Fsp3) is 0.417. The summed E-state index contributed by atoms with van der Waals surface area (Å²) in [6.07, 6.45) is -8.46. The Morgan fingerprint density at radius 1 is 1.05 bits per heavy atom. The minimum absolute atomic E-state index is 0.237. The summed E-state index contributed by atoms with van der Waals surface area (Å²) in [7, 11) is 0. The van der Waals surface area contributed by atoms with Gasteiger partial charge in [-0.05, 0) is 31.0 Å². The predicted molar refractivity (Wildman–Crippen MR) is 56.9 cm³/mol. The van der Waals surface area contributed by atoms with Gasteiger partial charge in [-0.2, -0.15) is 26.3 Å². The van der Waals surface area contributed by atoms with E-state index in [0.717, 1.165) is 0 Å². The lowest BCUT2D eigenvalue weighted by molar-refractivity contribution is -0.141. The zero-order valence-electron chi connectivity index (χ0n) is 9.90. The molecule has 1 amide bonds. The van der Waals surface area contributed by atoms with Crippen LogP contribution >= 0.6 is 0 Å². The maximum atomic E-state index is 12.7. The van der Waals surface area contributed by atoms with E-state index in [1.807, 2.05) is 0 Å². The van der Waals surface area contributed by atoms with E-state index in [1.54, 1.807) is 0 Å². The number of amides is 1. The van der Waals surface area contributed by atoms with Crippen molar-refractivity contribution in [2.24, 2.45) is 0 Å². The van der Waals surface area contributed by atoms with Crippen LogP contribution in [0.1, 0.15) is 34.3 Å². The second-order valence-corrected chi connectivity index (χ2v) is 4.50. The smallest absolute Gasteiger partial charge is 0.349 e. The number of hydrogen-bond donors (Lipinski definition) is 1. The van der Waals surface area contributed by atoms with E-state index < -0.39 is 35.0 Å². The van der Waals surface area contributed by atoms with Gasteiger partial charge in [0, 0.05) is 6.04 Å². The monoisotopic (exact) mass is 297 g/mol. The molecule has 0 heterocycles. The number of hydrogen-bond acceptors (Lipinski definition) is 1. The molecule has 2 nitrogen and oxygen atoms in total. The van der Waals surface area contributed by atoms with Crippen molar-refractivity contribution in [3.8, 4) is 0 Å². The third-order valence-electron chi connectivity index (χ3n) is 2.81. The van der Waals surface area contributed by atoms with E-state index in [0.29, 0.717) is 18.9 Å². The topological polar surface area (TPSA) is 29.1 Å². The molecule has 110 valence electrons. The number of benzene rings is 1. The zero-order valence-corrected chi connectivity index (χ0v) is 9.90. The molecule has 0 radical (unpaired) electrons. The largest absolute Gasteiger partial charge is 0.417 e. The van der Waals surface area contributed by atoms with Gasteiger partial charge in [0.05, 0.1) is 16.7 Å². The molecule has 1 saturated carbocycles. The Morgan fingerprint density at radius 3 is 2.10 bits per heavy atom. The third kappa shape index (κ3) is 3.23. The van der Waals surface area contributed by atoms with Gasteiger partial charge < -0.3 is 5.32 Å². The number of carbonyl (C=O) groups excluding carboxylic acids is 1. The molecule has 1 aliphatic rings. The molecule has 1 aliphatic carbocycles. The molecule has 0 spiro atoms. The second-order valence-electron chi connectivity index (χ2n) is 4.50. The number of nitrogens with one attached hydrogen (secondary N) is 1. The van der Waals surface area contributed by atoms with Gasteiger partial charge in [-0.1, -0.05) is 0 Å². The fourth-order valence-electron chi connectivity index (χ4n) is 1.65. The zero-order chi connectivity index (χ0) is 15.1. The number of alkyl halides is 6. The Hall–Kier alpha value is -1.73. The Balaban J connectivity index is 2.44. The van der Waals surface area contributed by atoms with Crippen molar-refractivity contribution in [2.45, 2.75) is 31.2 Å². The molecule has 0 atom stereocenters. The summed E-state index contributed by atoms with van der Waals surface area (Å²) in [6.45, 7) is 0.